The van der Waals surface area contributed by atoms with E-state index in [0.717, 1.165) is 32.4 Å². The minimum absolute atomic E-state index is 0.247. The Morgan fingerprint density at radius 3 is 2.89 bits per heavy atom. The predicted molar refractivity (Wildman–Crippen MR) is 72.9 cm³/mol. The van der Waals surface area contributed by atoms with Crippen LogP contribution in [-0.4, -0.2) is 36.3 Å². The molecule has 106 valence electrons. The Balaban J connectivity index is 2.18. The molecule has 0 aliphatic carbocycles. The fourth-order valence-corrected chi connectivity index (χ4v) is 2.25. The Hall–Kier alpha value is -0.810. The second kappa shape index (κ2) is 6.95. The van der Waals surface area contributed by atoms with Crippen LogP contribution in [0.3, 0.4) is 0 Å². The highest BCUT2D eigenvalue weighted by Crippen LogP contribution is 2.22. The number of oxime groups is 1. The van der Waals surface area contributed by atoms with Crippen molar-refractivity contribution in [2.45, 2.75) is 58.6 Å². The van der Waals surface area contributed by atoms with Gasteiger partial charge in [0.2, 0.25) is 0 Å². The molecule has 2 atom stereocenters. The maximum atomic E-state index is 8.69. The van der Waals surface area contributed by atoms with Crippen LogP contribution in [-0.2, 0) is 4.74 Å². The van der Waals surface area contributed by atoms with Gasteiger partial charge >= 0.3 is 0 Å². The van der Waals surface area contributed by atoms with Crippen LogP contribution in [0.2, 0.25) is 0 Å². The molecule has 0 radical (unpaired) electrons. The van der Waals surface area contributed by atoms with Gasteiger partial charge in [0, 0.05) is 18.1 Å². The van der Waals surface area contributed by atoms with Crippen LogP contribution in [0.25, 0.3) is 0 Å². The van der Waals surface area contributed by atoms with Crippen molar-refractivity contribution in [2.24, 2.45) is 16.3 Å². The predicted octanol–water partition coefficient (Wildman–Crippen LogP) is 1.70. The molecule has 5 nitrogen and oxygen atoms in total. The van der Waals surface area contributed by atoms with E-state index in [4.69, 9.17) is 15.7 Å². The van der Waals surface area contributed by atoms with Gasteiger partial charge in [-0.2, -0.15) is 0 Å². The molecule has 1 saturated heterocycles. The zero-order valence-electron chi connectivity index (χ0n) is 11.8. The Bertz CT molecular complexity index is 273. The molecule has 1 rings (SSSR count). The van der Waals surface area contributed by atoms with Crippen molar-refractivity contribution in [1.82, 2.24) is 5.32 Å². The van der Waals surface area contributed by atoms with Crippen LogP contribution in [0.5, 0.6) is 0 Å². The van der Waals surface area contributed by atoms with Crippen LogP contribution in [0.1, 0.15) is 46.5 Å². The third kappa shape index (κ3) is 4.46. The summed E-state index contributed by atoms with van der Waals surface area (Å²) in [7, 11) is 0. The normalized spacial score (nSPS) is 23.3. The molecular formula is C13H27N3O2. The van der Waals surface area contributed by atoms with Crippen LogP contribution in [0.15, 0.2) is 5.16 Å². The van der Waals surface area contributed by atoms with Gasteiger partial charge in [-0.15, -0.1) is 0 Å². The van der Waals surface area contributed by atoms with E-state index in [0.29, 0.717) is 18.0 Å². The number of nitrogens with two attached hydrogens (primary N) is 1. The van der Waals surface area contributed by atoms with Gasteiger partial charge in [-0.3, -0.25) is 0 Å². The zero-order chi connectivity index (χ0) is 13.6. The minimum Gasteiger partial charge on any atom is -0.409 e. The lowest BCUT2D eigenvalue weighted by Crippen LogP contribution is -2.38. The molecule has 1 aliphatic rings. The van der Waals surface area contributed by atoms with Crippen LogP contribution >= 0.6 is 0 Å². The Labute approximate surface area is 110 Å². The second-order valence-corrected chi connectivity index (χ2v) is 5.77. The molecule has 0 aromatic carbocycles. The molecule has 18 heavy (non-hydrogen) atoms. The number of amidine groups is 1. The fourth-order valence-electron chi connectivity index (χ4n) is 2.25. The third-order valence-corrected chi connectivity index (χ3v) is 3.77. The van der Waals surface area contributed by atoms with Crippen molar-refractivity contribution < 1.29 is 9.94 Å². The molecule has 1 heterocycles. The number of nitrogens with zero attached hydrogens (tertiary/aromatic N) is 1. The molecule has 0 saturated carbocycles. The molecule has 5 heteroatoms. The molecule has 0 aromatic heterocycles. The highest BCUT2D eigenvalue weighted by Gasteiger charge is 2.24. The quantitative estimate of drug-likeness (QED) is 0.213. The zero-order valence-corrected chi connectivity index (χ0v) is 11.8. The van der Waals surface area contributed by atoms with Crippen LogP contribution < -0.4 is 11.1 Å². The molecule has 0 bridgehead atoms. The lowest BCUT2D eigenvalue weighted by atomic mass is 9.86. The van der Waals surface area contributed by atoms with Gasteiger partial charge in [0.15, 0.2) is 0 Å². The Morgan fingerprint density at radius 1 is 1.61 bits per heavy atom. The van der Waals surface area contributed by atoms with Crippen molar-refractivity contribution in [1.29, 1.82) is 0 Å². The highest BCUT2D eigenvalue weighted by atomic mass is 16.5. The van der Waals surface area contributed by atoms with Gasteiger partial charge in [-0.05, 0) is 39.2 Å². The summed E-state index contributed by atoms with van der Waals surface area (Å²) in [6, 6.07) is 0.402. The molecule has 0 spiro atoms. The summed E-state index contributed by atoms with van der Waals surface area (Å²) in [6.45, 7) is 7.98. The molecular weight excluding hydrogens is 230 g/mol. The highest BCUT2D eigenvalue weighted by molar-refractivity contribution is 5.85. The van der Waals surface area contributed by atoms with E-state index in [2.05, 4.69) is 17.4 Å². The first-order chi connectivity index (χ1) is 8.47. The maximum absolute atomic E-state index is 8.69. The standard InChI is InChI=1S/C13H27N3O2/c1-10(11-6-4-9-18-11)15-8-5-7-13(2,3)12(14)16-17/h10-11,15,17H,4-9H2,1-3H3,(H2,14,16). The van der Waals surface area contributed by atoms with E-state index in [1.54, 1.807) is 0 Å². The van der Waals surface area contributed by atoms with E-state index in [9.17, 15) is 0 Å². The summed E-state index contributed by atoms with van der Waals surface area (Å²) >= 11 is 0. The lowest BCUT2D eigenvalue weighted by molar-refractivity contribution is 0.0835. The number of hydrogen-bond donors (Lipinski definition) is 3. The first-order valence-electron chi connectivity index (χ1n) is 6.80. The summed E-state index contributed by atoms with van der Waals surface area (Å²) in [6.07, 6.45) is 4.59. The molecule has 1 aliphatic heterocycles. The lowest BCUT2D eigenvalue weighted by Gasteiger charge is -2.24. The molecule has 0 amide bonds. The number of ether oxygens (including phenoxy) is 1. The van der Waals surface area contributed by atoms with Crippen molar-refractivity contribution in [3.8, 4) is 0 Å². The van der Waals surface area contributed by atoms with Gasteiger partial charge in [-0.25, -0.2) is 0 Å². The summed E-state index contributed by atoms with van der Waals surface area (Å²) in [5.74, 6) is 0.301. The van der Waals surface area contributed by atoms with Crippen molar-refractivity contribution in [3.63, 3.8) is 0 Å². The van der Waals surface area contributed by atoms with E-state index in [1.165, 1.54) is 6.42 Å². The SMILES string of the molecule is CC(NCCCC(C)(C)C(N)=NO)C1CCCO1. The van der Waals surface area contributed by atoms with Crippen molar-refractivity contribution in [2.75, 3.05) is 13.2 Å². The summed E-state index contributed by atoms with van der Waals surface area (Å²) < 4.78 is 5.63. The smallest absolute Gasteiger partial charge is 0.144 e. The molecule has 0 aromatic rings. The molecule has 1 fully saturated rings. The van der Waals surface area contributed by atoms with E-state index >= 15 is 0 Å². The first-order valence-corrected chi connectivity index (χ1v) is 6.80. The second-order valence-electron chi connectivity index (χ2n) is 5.77. The maximum Gasteiger partial charge on any atom is 0.144 e. The average Bonchev–Trinajstić information content (AvgIpc) is 2.87. The average molecular weight is 257 g/mol. The largest absolute Gasteiger partial charge is 0.409 e. The Morgan fingerprint density at radius 2 is 2.33 bits per heavy atom. The number of nitrogens with one attached hydrogen (secondary N) is 1. The van der Waals surface area contributed by atoms with Gasteiger partial charge in [0.05, 0.1) is 6.10 Å². The van der Waals surface area contributed by atoms with Crippen LogP contribution in [0.4, 0.5) is 0 Å². The molecule has 4 N–H and O–H groups in total. The van der Waals surface area contributed by atoms with E-state index in [-0.39, 0.29) is 5.41 Å². The van der Waals surface area contributed by atoms with Crippen molar-refractivity contribution in [3.05, 3.63) is 0 Å². The minimum atomic E-state index is -0.247. The van der Waals surface area contributed by atoms with E-state index in [1.807, 2.05) is 13.8 Å². The van der Waals surface area contributed by atoms with Gasteiger partial charge in [0.25, 0.3) is 0 Å². The number of rotatable bonds is 7. The first kappa shape index (κ1) is 15.2. The molecule has 2 unspecified atom stereocenters. The fraction of sp³-hybridized carbons (Fsp3) is 0.923. The summed E-state index contributed by atoms with van der Waals surface area (Å²) in [5, 5.41) is 15.3. The van der Waals surface area contributed by atoms with Gasteiger partial charge in [0.1, 0.15) is 5.84 Å². The monoisotopic (exact) mass is 257 g/mol. The summed E-state index contributed by atoms with van der Waals surface area (Å²) in [5.41, 5.74) is 5.41. The third-order valence-electron chi connectivity index (χ3n) is 3.77. The van der Waals surface area contributed by atoms with Crippen LogP contribution in [0, 0.1) is 5.41 Å². The van der Waals surface area contributed by atoms with E-state index < -0.39 is 0 Å². The summed E-state index contributed by atoms with van der Waals surface area (Å²) in [4.78, 5) is 0. The van der Waals surface area contributed by atoms with Crippen molar-refractivity contribution >= 4 is 5.84 Å². The topological polar surface area (TPSA) is 79.9 Å². The van der Waals surface area contributed by atoms with Gasteiger partial charge in [-0.1, -0.05) is 19.0 Å². The van der Waals surface area contributed by atoms with Gasteiger partial charge < -0.3 is 21.0 Å². The number of hydrogen-bond acceptors (Lipinski definition) is 4. The Kier molecular flexibility index (Phi) is 5.88.